The molecule has 1 heterocycles. The summed E-state index contributed by atoms with van der Waals surface area (Å²) in [6.45, 7) is 0.536. The van der Waals surface area contributed by atoms with E-state index in [1.54, 1.807) is 24.3 Å². The van der Waals surface area contributed by atoms with Crippen LogP contribution in [0.25, 0.3) is 0 Å². The van der Waals surface area contributed by atoms with Gasteiger partial charge < -0.3 is 5.11 Å². The van der Waals surface area contributed by atoms with Crippen molar-refractivity contribution in [2.75, 3.05) is 16.6 Å². The lowest BCUT2D eigenvalue weighted by atomic mass is 10.2. The summed E-state index contributed by atoms with van der Waals surface area (Å²) in [4.78, 5) is 0. The summed E-state index contributed by atoms with van der Waals surface area (Å²) < 4.78 is 24.6. The second-order valence-electron chi connectivity index (χ2n) is 3.57. The second-order valence-corrected chi connectivity index (χ2v) is 5.58. The van der Waals surface area contributed by atoms with E-state index in [-0.39, 0.29) is 12.4 Å². The molecule has 1 saturated heterocycles. The van der Waals surface area contributed by atoms with Crippen LogP contribution in [0.15, 0.2) is 24.3 Å². The van der Waals surface area contributed by atoms with Gasteiger partial charge in [0.2, 0.25) is 10.0 Å². The lowest BCUT2D eigenvalue weighted by molar-refractivity contribution is 0.282. The number of nitrogens with zero attached hydrogens (tertiary/aromatic N) is 1. The van der Waals surface area contributed by atoms with E-state index < -0.39 is 10.0 Å². The number of aliphatic hydroxyl groups is 1. The van der Waals surface area contributed by atoms with E-state index in [0.29, 0.717) is 18.7 Å². The summed E-state index contributed by atoms with van der Waals surface area (Å²) in [7, 11) is -3.09. The molecule has 0 bridgehead atoms. The van der Waals surface area contributed by atoms with Crippen LogP contribution in [0.2, 0.25) is 0 Å². The van der Waals surface area contributed by atoms with Crippen LogP contribution in [0.3, 0.4) is 0 Å². The van der Waals surface area contributed by atoms with Crippen LogP contribution in [-0.2, 0) is 16.6 Å². The molecule has 4 nitrogen and oxygen atoms in total. The monoisotopic (exact) mass is 227 g/mol. The fourth-order valence-electron chi connectivity index (χ4n) is 1.70. The van der Waals surface area contributed by atoms with Gasteiger partial charge in [0.05, 0.1) is 18.0 Å². The van der Waals surface area contributed by atoms with E-state index in [1.807, 2.05) is 0 Å². The number of aliphatic hydroxyl groups excluding tert-OH is 1. The fraction of sp³-hybridized carbons (Fsp3) is 0.400. The highest BCUT2D eigenvalue weighted by Crippen LogP contribution is 2.23. The number of hydrogen-bond acceptors (Lipinski definition) is 3. The highest BCUT2D eigenvalue weighted by molar-refractivity contribution is 7.93. The average Bonchev–Trinajstić information content (AvgIpc) is 2.58. The average molecular weight is 227 g/mol. The first-order valence-electron chi connectivity index (χ1n) is 4.84. The summed E-state index contributed by atoms with van der Waals surface area (Å²) in [5, 5.41) is 8.86. The van der Waals surface area contributed by atoms with Crippen LogP contribution >= 0.6 is 0 Å². The molecule has 1 aromatic rings. The molecular formula is C10H13NO3S. The lowest BCUT2D eigenvalue weighted by Gasteiger charge is -2.16. The van der Waals surface area contributed by atoms with Crippen molar-refractivity contribution < 1.29 is 13.5 Å². The minimum absolute atomic E-state index is 0.0208. The molecule has 1 aliphatic heterocycles. The van der Waals surface area contributed by atoms with Crippen molar-refractivity contribution in [1.82, 2.24) is 0 Å². The Morgan fingerprint density at radius 2 is 1.93 bits per heavy atom. The minimum Gasteiger partial charge on any atom is -0.392 e. The maximum atomic E-state index is 11.6. The van der Waals surface area contributed by atoms with Crippen molar-refractivity contribution in [3.63, 3.8) is 0 Å². The Hall–Kier alpha value is -1.07. The van der Waals surface area contributed by atoms with E-state index in [9.17, 15) is 8.42 Å². The molecule has 15 heavy (non-hydrogen) atoms. The molecule has 0 atom stereocenters. The Morgan fingerprint density at radius 1 is 1.27 bits per heavy atom. The number of anilines is 1. The van der Waals surface area contributed by atoms with Gasteiger partial charge in [-0.25, -0.2) is 8.42 Å². The molecule has 82 valence electrons. The Bertz CT molecular complexity index is 438. The standard InChI is InChI=1S/C10H13NO3S/c12-8-9-2-4-10(5-3-9)11-6-1-7-15(11,13)14/h2-5,12H,1,6-8H2. The van der Waals surface area contributed by atoms with Gasteiger partial charge in [0.25, 0.3) is 0 Å². The van der Waals surface area contributed by atoms with Crippen LogP contribution < -0.4 is 4.31 Å². The van der Waals surface area contributed by atoms with E-state index in [1.165, 1.54) is 4.31 Å². The zero-order chi connectivity index (χ0) is 10.9. The Morgan fingerprint density at radius 3 is 2.40 bits per heavy atom. The molecule has 5 heteroatoms. The SMILES string of the molecule is O=S1(=O)CCCN1c1ccc(CO)cc1. The summed E-state index contributed by atoms with van der Waals surface area (Å²) in [6, 6.07) is 6.94. The van der Waals surface area contributed by atoms with Crippen molar-refractivity contribution in [2.45, 2.75) is 13.0 Å². The van der Waals surface area contributed by atoms with Crippen LogP contribution in [0.4, 0.5) is 5.69 Å². The second kappa shape index (κ2) is 3.83. The highest BCUT2D eigenvalue weighted by Gasteiger charge is 2.28. The smallest absolute Gasteiger partial charge is 0.235 e. The van der Waals surface area contributed by atoms with Crippen molar-refractivity contribution in [2.24, 2.45) is 0 Å². The van der Waals surface area contributed by atoms with E-state index in [2.05, 4.69) is 0 Å². The molecule has 2 rings (SSSR count). The Labute approximate surface area is 89.2 Å². The third-order valence-electron chi connectivity index (χ3n) is 2.51. The number of rotatable bonds is 2. The summed E-state index contributed by atoms with van der Waals surface area (Å²) >= 11 is 0. The maximum absolute atomic E-state index is 11.6. The zero-order valence-electron chi connectivity index (χ0n) is 8.26. The zero-order valence-corrected chi connectivity index (χ0v) is 9.07. The first-order chi connectivity index (χ1) is 7.13. The predicted octanol–water partition coefficient (Wildman–Crippen LogP) is 0.719. The number of hydrogen-bond donors (Lipinski definition) is 1. The molecule has 1 aliphatic rings. The maximum Gasteiger partial charge on any atom is 0.235 e. The van der Waals surface area contributed by atoms with Gasteiger partial charge in [-0.2, -0.15) is 0 Å². The molecule has 0 aliphatic carbocycles. The third kappa shape index (κ3) is 1.98. The summed E-state index contributed by atoms with van der Waals surface area (Å²) in [5.74, 6) is 0.231. The molecule has 1 N–H and O–H groups in total. The molecule has 0 amide bonds. The van der Waals surface area contributed by atoms with Gasteiger partial charge >= 0.3 is 0 Å². The van der Waals surface area contributed by atoms with Crippen molar-refractivity contribution in [1.29, 1.82) is 0 Å². The van der Waals surface area contributed by atoms with E-state index >= 15 is 0 Å². The van der Waals surface area contributed by atoms with Gasteiger partial charge in [-0.15, -0.1) is 0 Å². The summed E-state index contributed by atoms with van der Waals surface area (Å²) in [5.41, 5.74) is 1.47. The molecule has 0 aromatic heterocycles. The van der Waals surface area contributed by atoms with Crippen molar-refractivity contribution in [3.05, 3.63) is 29.8 Å². The topological polar surface area (TPSA) is 57.6 Å². The number of sulfonamides is 1. The van der Waals surface area contributed by atoms with Gasteiger partial charge in [-0.05, 0) is 24.1 Å². The van der Waals surface area contributed by atoms with Gasteiger partial charge in [-0.1, -0.05) is 12.1 Å². The molecule has 1 fully saturated rings. The predicted molar refractivity (Wildman–Crippen MR) is 58.1 cm³/mol. The van der Waals surface area contributed by atoms with Crippen LogP contribution in [-0.4, -0.2) is 25.8 Å². The van der Waals surface area contributed by atoms with E-state index in [0.717, 1.165) is 5.56 Å². The largest absolute Gasteiger partial charge is 0.392 e. The lowest BCUT2D eigenvalue weighted by Crippen LogP contribution is -2.24. The summed E-state index contributed by atoms with van der Waals surface area (Å²) in [6.07, 6.45) is 0.685. The number of benzene rings is 1. The van der Waals surface area contributed by atoms with Gasteiger partial charge in [0.1, 0.15) is 0 Å². The molecular weight excluding hydrogens is 214 g/mol. The normalized spacial score (nSPS) is 19.4. The van der Waals surface area contributed by atoms with Gasteiger partial charge in [0, 0.05) is 6.54 Å². The molecule has 0 spiro atoms. The van der Waals surface area contributed by atoms with Crippen LogP contribution in [0.1, 0.15) is 12.0 Å². The van der Waals surface area contributed by atoms with Crippen molar-refractivity contribution in [3.8, 4) is 0 Å². The third-order valence-corrected chi connectivity index (χ3v) is 4.38. The van der Waals surface area contributed by atoms with Crippen LogP contribution in [0.5, 0.6) is 0 Å². The van der Waals surface area contributed by atoms with Gasteiger partial charge in [0.15, 0.2) is 0 Å². The quantitative estimate of drug-likeness (QED) is 0.810. The fourth-order valence-corrected chi connectivity index (χ4v) is 3.26. The Balaban J connectivity index is 2.30. The minimum atomic E-state index is -3.09. The first-order valence-corrected chi connectivity index (χ1v) is 6.44. The van der Waals surface area contributed by atoms with Gasteiger partial charge in [-0.3, -0.25) is 4.31 Å². The van der Waals surface area contributed by atoms with Crippen LogP contribution in [0, 0.1) is 0 Å². The molecule has 1 aromatic carbocycles. The van der Waals surface area contributed by atoms with E-state index in [4.69, 9.17) is 5.11 Å². The molecule has 0 unspecified atom stereocenters. The molecule has 0 radical (unpaired) electrons. The first kappa shape index (κ1) is 10.4. The molecule has 0 saturated carbocycles. The highest BCUT2D eigenvalue weighted by atomic mass is 32.2. The van der Waals surface area contributed by atoms with Crippen molar-refractivity contribution >= 4 is 15.7 Å². The Kier molecular flexibility index (Phi) is 2.67.